The van der Waals surface area contributed by atoms with E-state index in [1.165, 1.54) is 32.1 Å². The molecule has 5 heteroatoms. The van der Waals surface area contributed by atoms with Gasteiger partial charge in [-0.3, -0.25) is 10.3 Å². The van der Waals surface area contributed by atoms with E-state index in [-0.39, 0.29) is 11.6 Å². The molecule has 0 aromatic carbocycles. The monoisotopic (exact) mass is 278 g/mol. The summed E-state index contributed by atoms with van der Waals surface area (Å²) >= 11 is 0. The van der Waals surface area contributed by atoms with E-state index in [1.807, 2.05) is 11.9 Å². The molecule has 112 valence electrons. The fourth-order valence-electron chi connectivity index (χ4n) is 3.93. The highest BCUT2D eigenvalue weighted by atomic mass is 16.2. The molecule has 3 fully saturated rings. The minimum absolute atomic E-state index is 0.00802. The van der Waals surface area contributed by atoms with Crippen molar-refractivity contribution in [2.45, 2.75) is 69.5 Å². The van der Waals surface area contributed by atoms with Crippen LogP contribution in [0.5, 0.6) is 0 Å². The molecule has 0 radical (unpaired) electrons. The average molecular weight is 278 g/mol. The Bertz CT molecular complexity index is 416. The summed E-state index contributed by atoms with van der Waals surface area (Å²) in [6.45, 7) is 3.14. The molecule has 2 atom stereocenters. The van der Waals surface area contributed by atoms with Crippen molar-refractivity contribution in [3.05, 3.63) is 0 Å². The number of hydrogen-bond donors (Lipinski definition) is 2. The van der Waals surface area contributed by atoms with Gasteiger partial charge in [-0.1, -0.05) is 19.3 Å². The summed E-state index contributed by atoms with van der Waals surface area (Å²) in [5.74, 6) is 0.935. The van der Waals surface area contributed by atoms with Crippen LogP contribution in [0, 0.1) is 0 Å². The Hall–Kier alpha value is -1.10. The van der Waals surface area contributed by atoms with E-state index in [0.29, 0.717) is 12.1 Å². The Kier molecular flexibility index (Phi) is 3.71. The lowest BCUT2D eigenvalue weighted by Gasteiger charge is -2.41. The zero-order chi connectivity index (χ0) is 14.2. The number of piperidine rings is 1. The zero-order valence-corrected chi connectivity index (χ0v) is 12.6. The molecule has 20 heavy (non-hydrogen) atoms. The number of nitrogens with zero attached hydrogens (tertiary/aromatic N) is 2. The van der Waals surface area contributed by atoms with E-state index in [4.69, 9.17) is 4.99 Å². The smallest absolute Gasteiger partial charge is 0.315 e. The molecule has 1 aliphatic carbocycles. The van der Waals surface area contributed by atoms with Crippen LogP contribution in [0.25, 0.3) is 0 Å². The van der Waals surface area contributed by atoms with Crippen molar-refractivity contribution in [3.8, 4) is 0 Å². The van der Waals surface area contributed by atoms with Crippen LogP contribution in [0.15, 0.2) is 4.99 Å². The Balaban J connectivity index is 1.87. The zero-order valence-electron chi connectivity index (χ0n) is 12.6. The van der Waals surface area contributed by atoms with Crippen LogP contribution in [0.2, 0.25) is 0 Å². The van der Waals surface area contributed by atoms with Crippen molar-refractivity contribution in [2.75, 3.05) is 13.6 Å². The Morgan fingerprint density at radius 1 is 1.30 bits per heavy atom. The second kappa shape index (κ2) is 5.35. The fourth-order valence-corrected chi connectivity index (χ4v) is 3.93. The molecule has 3 aliphatic rings. The maximum atomic E-state index is 12.1. The molecule has 5 nitrogen and oxygen atoms in total. The largest absolute Gasteiger partial charge is 0.323 e. The van der Waals surface area contributed by atoms with E-state index in [2.05, 4.69) is 17.6 Å². The van der Waals surface area contributed by atoms with Gasteiger partial charge in [-0.15, -0.1) is 0 Å². The van der Waals surface area contributed by atoms with Crippen molar-refractivity contribution >= 4 is 11.9 Å². The third-order valence-electron chi connectivity index (χ3n) is 5.17. The normalized spacial score (nSPS) is 37.7. The first-order valence-electron chi connectivity index (χ1n) is 7.98. The maximum absolute atomic E-state index is 12.1. The summed E-state index contributed by atoms with van der Waals surface area (Å²) in [6.07, 6.45) is 8.14. The lowest BCUT2D eigenvalue weighted by Crippen LogP contribution is -2.57. The van der Waals surface area contributed by atoms with Gasteiger partial charge in [0, 0.05) is 13.1 Å². The summed E-state index contributed by atoms with van der Waals surface area (Å²) in [7, 11) is 1.91. The molecule has 0 bridgehead atoms. The van der Waals surface area contributed by atoms with Crippen molar-refractivity contribution in [2.24, 2.45) is 4.99 Å². The first kappa shape index (κ1) is 13.9. The van der Waals surface area contributed by atoms with E-state index >= 15 is 0 Å². The number of amidine groups is 1. The second-order valence-electron chi connectivity index (χ2n) is 6.60. The van der Waals surface area contributed by atoms with Crippen LogP contribution < -0.4 is 10.6 Å². The Labute approximate surface area is 121 Å². The van der Waals surface area contributed by atoms with Crippen molar-refractivity contribution < 1.29 is 4.79 Å². The summed E-state index contributed by atoms with van der Waals surface area (Å²) in [5.41, 5.74) is -0.195. The van der Waals surface area contributed by atoms with E-state index in [1.54, 1.807) is 0 Å². The van der Waals surface area contributed by atoms with Gasteiger partial charge in [-0.25, -0.2) is 4.79 Å². The van der Waals surface area contributed by atoms with Crippen molar-refractivity contribution in [3.63, 3.8) is 0 Å². The SMILES string of the molecule is CC1CC2(CCN1)C(=NC1CCCCC1)NC(=O)N2C. The number of rotatable bonds is 1. The topological polar surface area (TPSA) is 56.7 Å². The molecule has 1 spiro atoms. The van der Waals surface area contributed by atoms with Crippen LogP contribution in [0.4, 0.5) is 4.79 Å². The number of aliphatic imine (C=N–C) groups is 1. The number of carbonyl (C=O) groups excluding carboxylic acids is 1. The predicted molar refractivity (Wildman–Crippen MR) is 80.0 cm³/mol. The summed E-state index contributed by atoms with van der Waals surface area (Å²) in [4.78, 5) is 19.0. The van der Waals surface area contributed by atoms with Gasteiger partial charge in [0.25, 0.3) is 0 Å². The summed E-state index contributed by atoms with van der Waals surface area (Å²) in [5, 5.41) is 6.51. The molecule has 3 rings (SSSR count). The summed E-state index contributed by atoms with van der Waals surface area (Å²) in [6, 6.07) is 0.844. The number of likely N-dealkylation sites (N-methyl/N-ethyl adjacent to an activating group) is 1. The standard InChI is InChI=1S/C15H26N4O/c1-11-10-15(8-9-16-11)13(18-14(20)19(15)2)17-12-6-4-3-5-7-12/h11-12,16H,3-10H2,1-2H3,(H,17,18,20). The molecular weight excluding hydrogens is 252 g/mol. The fraction of sp³-hybridized carbons (Fsp3) is 0.867. The molecule has 2 N–H and O–H groups in total. The van der Waals surface area contributed by atoms with Crippen LogP contribution in [-0.2, 0) is 0 Å². The third kappa shape index (κ3) is 2.32. The van der Waals surface area contributed by atoms with E-state index < -0.39 is 0 Å². The Morgan fingerprint density at radius 2 is 2.05 bits per heavy atom. The lowest BCUT2D eigenvalue weighted by atomic mass is 9.83. The molecule has 1 saturated carbocycles. The maximum Gasteiger partial charge on any atom is 0.323 e. The summed E-state index contributed by atoms with van der Waals surface area (Å²) < 4.78 is 0. The molecule has 2 amide bonds. The van der Waals surface area contributed by atoms with Gasteiger partial charge in [0.2, 0.25) is 0 Å². The lowest BCUT2D eigenvalue weighted by molar-refractivity contribution is 0.159. The molecule has 0 aromatic heterocycles. The van der Waals surface area contributed by atoms with Crippen molar-refractivity contribution in [1.82, 2.24) is 15.5 Å². The third-order valence-corrected chi connectivity index (χ3v) is 5.17. The number of amides is 2. The van der Waals surface area contributed by atoms with Gasteiger partial charge in [0.05, 0.1) is 6.04 Å². The van der Waals surface area contributed by atoms with E-state index in [0.717, 1.165) is 25.2 Å². The number of nitrogens with one attached hydrogen (secondary N) is 2. The van der Waals surface area contributed by atoms with Gasteiger partial charge in [-0.2, -0.15) is 0 Å². The molecule has 2 heterocycles. The van der Waals surface area contributed by atoms with Gasteiger partial charge < -0.3 is 10.2 Å². The van der Waals surface area contributed by atoms with Crippen LogP contribution in [-0.4, -0.2) is 48.0 Å². The molecule has 2 saturated heterocycles. The van der Waals surface area contributed by atoms with Crippen LogP contribution >= 0.6 is 0 Å². The highest BCUT2D eigenvalue weighted by Crippen LogP contribution is 2.33. The number of hydrogen-bond acceptors (Lipinski definition) is 3. The highest BCUT2D eigenvalue weighted by Gasteiger charge is 2.50. The van der Waals surface area contributed by atoms with Crippen LogP contribution in [0.1, 0.15) is 51.9 Å². The number of urea groups is 1. The Morgan fingerprint density at radius 3 is 2.75 bits per heavy atom. The van der Waals surface area contributed by atoms with Crippen molar-refractivity contribution in [1.29, 1.82) is 0 Å². The predicted octanol–water partition coefficient (Wildman–Crippen LogP) is 1.88. The highest BCUT2D eigenvalue weighted by molar-refractivity contribution is 6.10. The van der Waals surface area contributed by atoms with Gasteiger partial charge in [0.1, 0.15) is 11.4 Å². The first-order valence-corrected chi connectivity index (χ1v) is 7.98. The van der Waals surface area contributed by atoms with Gasteiger partial charge in [-0.05, 0) is 39.2 Å². The second-order valence-corrected chi connectivity index (χ2v) is 6.60. The minimum atomic E-state index is -0.195. The molecule has 2 aliphatic heterocycles. The quantitative estimate of drug-likeness (QED) is 0.769. The minimum Gasteiger partial charge on any atom is -0.315 e. The molecular formula is C15H26N4O. The van der Waals surface area contributed by atoms with Gasteiger partial charge >= 0.3 is 6.03 Å². The number of carbonyl (C=O) groups is 1. The first-order chi connectivity index (χ1) is 9.62. The van der Waals surface area contributed by atoms with E-state index in [9.17, 15) is 4.79 Å². The average Bonchev–Trinajstić information content (AvgIpc) is 2.65. The van der Waals surface area contributed by atoms with Crippen LogP contribution in [0.3, 0.4) is 0 Å². The molecule has 0 aromatic rings. The van der Waals surface area contributed by atoms with Gasteiger partial charge in [0.15, 0.2) is 0 Å². The molecule has 2 unspecified atom stereocenters.